The average Bonchev–Trinajstić information content (AvgIpc) is 1.85. The van der Waals surface area contributed by atoms with Gasteiger partial charge in [-0.2, -0.15) is 8.42 Å². The molecule has 1 aromatic rings. The largest absolute Gasteiger partial charge is 1.00 e. The van der Waals surface area contributed by atoms with Crippen molar-refractivity contribution in [2.45, 2.75) is 0 Å². The van der Waals surface area contributed by atoms with Gasteiger partial charge >= 0.3 is 39.7 Å². The molecule has 0 N–H and O–H groups in total. The van der Waals surface area contributed by atoms with Crippen LogP contribution in [-0.4, -0.2) is 19.7 Å². The van der Waals surface area contributed by atoms with E-state index in [2.05, 4.69) is 9.17 Å². The van der Waals surface area contributed by atoms with Gasteiger partial charge in [-0.05, 0) is 6.07 Å². The molecule has 0 aromatic carbocycles. The Labute approximate surface area is 94.9 Å². The fourth-order valence-electron chi connectivity index (χ4n) is 0.551. The smallest absolute Gasteiger partial charge is 1.00 e. The van der Waals surface area contributed by atoms with E-state index in [1.165, 1.54) is 12.3 Å². The summed E-state index contributed by atoms with van der Waals surface area (Å²) in [4.78, 5) is 3.66. The van der Waals surface area contributed by atoms with Crippen molar-refractivity contribution in [3.8, 4) is 5.88 Å². The monoisotopic (exact) mass is 197 g/mol. The summed E-state index contributed by atoms with van der Waals surface area (Å²) in [6.07, 6.45) is 2.43. The van der Waals surface area contributed by atoms with Crippen LogP contribution in [0.5, 0.6) is 5.88 Å². The van der Waals surface area contributed by atoms with E-state index in [-0.39, 0.29) is 36.9 Å². The van der Waals surface area contributed by atoms with E-state index in [9.17, 15) is 8.42 Å². The summed E-state index contributed by atoms with van der Waals surface area (Å²) in [5.74, 6) is 0.0926. The third-order valence-corrected chi connectivity index (χ3v) is 1.35. The van der Waals surface area contributed by atoms with E-state index in [0.717, 1.165) is 6.26 Å². The molecule has 0 amide bonds. The zero-order valence-electron chi connectivity index (χ0n) is 7.89. The topological polar surface area (TPSA) is 56.3 Å². The Morgan fingerprint density at radius 1 is 1.50 bits per heavy atom. The summed E-state index contributed by atoms with van der Waals surface area (Å²) >= 11 is 0. The summed E-state index contributed by atoms with van der Waals surface area (Å²) in [7, 11) is -3.44. The first-order valence-corrected chi connectivity index (χ1v) is 4.70. The van der Waals surface area contributed by atoms with Crippen LogP contribution in [0, 0.1) is 0 Å². The number of rotatable bonds is 2. The van der Waals surface area contributed by atoms with Gasteiger partial charge in [0, 0.05) is 12.3 Å². The van der Waals surface area contributed by atoms with Crippen LogP contribution < -0.4 is 33.7 Å². The van der Waals surface area contributed by atoms with E-state index < -0.39 is 10.1 Å². The first-order valence-electron chi connectivity index (χ1n) is 2.88. The first-order chi connectivity index (χ1) is 5.08. The maximum Gasteiger partial charge on any atom is 1.00 e. The predicted octanol–water partition coefficient (Wildman–Crippen LogP) is -2.46. The van der Waals surface area contributed by atoms with E-state index in [4.69, 9.17) is 0 Å². The van der Waals surface area contributed by atoms with Gasteiger partial charge in [-0.3, -0.25) is 0 Å². The molecule has 1 rings (SSSR count). The normalized spacial score (nSPS) is 10.1. The SMILES string of the molecule is CS(=O)(=O)Oc1ccccn1.[H-].[Na+]. The molecule has 1 aromatic heterocycles. The molecule has 0 atom stereocenters. The van der Waals surface area contributed by atoms with Gasteiger partial charge in [0.2, 0.25) is 5.88 Å². The van der Waals surface area contributed by atoms with E-state index in [1.54, 1.807) is 12.1 Å². The van der Waals surface area contributed by atoms with Crippen LogP contribution in [0.3, 0.4) is 0 Å². The Balaban J connectivity index is 0. The Kier molecular flexibility index (Phi) is 4.77. The maximum atomic E-state index is 10.5. The van der Waals surface area contributed by atoms with Gasteiger partial charge in [-0.1, -0.05) is 6.07 Å². The van der Waals surface area contributed by atoms with E-state index in [0.29, 0.717) is 0 Å². The quantitative estimate of drug-likeness (QED) is 0.389. The van der Waals surface area contributed by atoms with Crippen molar-refractivity contribution in [2.75, 3.05) is 6.26 Å². The molecule has 1 heterocycles. The van der Waals surface area contributed by atoms with Gasteiger partial charge in [-0.25, -0.2) is 4.98 Å². The molecular formula is C6H8NNaO3S. The second kappa shape index (κ2) is 4.81. The number of nitrogens with zero attached hydrogens (tertiary/aromatic N) is 1. The van der Waals surface area contributed by atoms with Crippen LogP contribution in [0.1, 0.15) is 1.43 Å². The molecule has 0 spiro atoms. The summed E-state index contributed by atoms with van der Waals surface area (Å²) in [6.45, 7) is 0. The molecule has 0 saturated heterocycles. The fourth-order valence-corrected chi connectivity index (χ4v) is 0.960. The third kappa shape index (κ3) is 4.71. The molecule has 0 radical (unpaired) electrons. The molecule has 4 nitrogen and oxygen atoms in total. The van der Waals surface area contributed by atoms with Crippen LogP contribution in [0.2, 0.25) is 0 Å². The Hall–Kier alpha value is -0.100. The maximum absolute atomic E-state index is 10.5. The molecule has 0 saturated carbocycles. The second-order valence-electron chi connectivity index (χ2n) is 1.96. The summed E-state index contributed by atoms with van der Waals surface area (Å²) in [5, 5.41) is 0. The van der Waals surface area contributed by atoms with Gasteiger partial charge in [0.15, 0.2) is 0 Å². The van der Waals surface area contributed by atoms with E-state index >= 15 is 0 Å². The number of aromatic nitrogens is 1. The Morgan fingerprint density at radius 3 is 2.58 bits per heavy atom. The molecule has 62 valence electrons. The predicted molar refractivity (Wildman–Crippen MR) is 40.8 cm³/mol. The van der Waals surface area contributed by atoms with Crippen molar-refractivity contribution in [1.82, 2.24) is 4.98 Å². The second-order valence-corrected chi connectivity index (χ2v) is 3.53. The molecule has 0 aliphatic rings. The van der Waals surface area contributed by atoms with Crippen molar-refractivity contribution < 1.29 is 43.6 Å². The molecule has 0 aliphatic carbocycles. The van der Waals surface area contributed by atoms with Crippen LogP contribution in [-0.2, 0) is 10.1 Å². The van der Waals surface area contributed by atoms with Crippen molar-refractivity contribution in [1.29, 1.82) is 0 Å². The summed E-state index contributed by atoms with van der Waals surface area (Å²) in [5.41, 5.74) is 0. The molecule has 0 fully saturated rings. The minimum Gasteiger partial charge on any atom is -1.00 e. The molecule has 0 bridgehead atoms. The zero-order valence-corrected chi connectivity index (χ0v) is 9.71. The van der Waals surface area contributed by atoms with Crippen LogP contribution >= 0.6 is 0 Å². The molecular weight excluding hydrogens is 189 g/mol. The van der Waals surface area contributed by atoms with Crippen LogP contribution in [0.25, 0.3) is 0 Å². The average molecular weight is 197 g/mol. The van der Waals surface area contributed by atoms with Crippen molar-refractivity contribution in [3.05, 3.63) is 24.4 Å². The van der Waals surface area contributed by atoms with E-state index in [1.807, 2.05) is 0 Å². The van der Waals surface area contributed by atoms with Crippen LogP contribution in [0.15, 0.2) is 24.4 Å². The number of hydrogen-bond donors (Lipinski definition) is 0. The summed E-state index contributed by atoms with van der Waals surface area (Å²) in [6, 6.07) is 4.80. The first kappa shape index (κ1) is 11.9. The van der Waals surface area contributed by atoms with Crippen molar-refractivity contribution in [2.24, 2.45) is 0 Å². The summed E-state index contributed by atoms with van der Waals surface area (Å²) < 4.78 is 25.5. The zero-order chi connectivity index (χ0) is 8.32. The Morgan fingerprint density at radius 2 is 2.17 bits per heavy atom. The van der Waals surface area contributed by atoms with Gasteiger partial charge in [0.25, 0.3) is 0 Å². The molecule has 6 heteroatoms. The number of pyridine rings is 1. The van der Waals surface area contributed by atoms with Gasteiger partial charge in [0.05, 0.1) is 6.26 Å². The molecule has 0 unspecified atom stereocenters. The molecule has 12 heavy (non-hydrogen) atoms. The molecule has 0 aliphatic heterocycles. The number of hydrogen-bond acceptors (Lipinski definition) is 4. The third-order valence-electron chi connectivity index (χ3n) is 0.875. The van der Waals surface area contributed by atoms with Gasteiger partial charge in [0.1, 0.15) is 0 Å². The Bertz CT molecular complexity index is 329. The van der Waals surface area contributed by atoms with Gasteiger partial charge < -0.3 is 5.61 Å². The minimum atomic E-state index is -3.44. The van der Waals surface area contributed by atoms with Gasteiger partial charge in [-0.15, -0.1) is 0 Å². The van der Waals surface area contributed by atoms with Crippen LogP contribution in [0.4, 0.5) is 0 Å². The standard InChI is InChI=1S/C6H7NO3S.Na.H/c1-11(8,9)10-6-4-2-3-5-7-6;;/h2-5H,1H3;;/q;+1;-1. The van der Waals surface area contributed by atoms with Crippen molar-refractivity contribution >= 4 is 10.1 Å². The minimum absolute atomic E-state index is 0. The fraction of sp³-hybridized carbons (Fsp3) is 0.167. The van der Waals surface area contributed by atoms with Crippen molar-refractivity contribution in [3.63, 3.8) is 0 Å².